The molecule has 32 heavy (non-hydrogen) atoms. The maximum Gasteiger partial charge on any atom is 0.257 e. The van der Waals surface area contributed by atoms with Crippen LogP contribution in [0.5, 0.6) is 5.88 Å². The van der Waals surface area contributed by atoms with Gasteiger partial charge in [0, 0.05) is 23.9 Å². The maximum atomic E-state index is 13.8. The van der Waals surface area contributed by atoms with Gasteiger partial charge in [-0.25, -0.2) is 9.37 Å². The summed E-state index contributed by atoms with van der Waals surface area (Å²) in [5, 5.41) is 14.9. The van der Waals surface area contributed by atoms with E-state index in [1.165, 1.54) is 12.3 Å². The highest BCUT2D eigenvalue weighted by molar-refractivity contribution is 5.98. The second kappa shape index (κ2) is 9.60. The number of aromatic nitrogens is 1. The first kappa shape index (κ1) is 21.5. The number of pyridine rings is 1. The van der Waals surface area contributed by atoms with E-state index in [-0.39, 0.29) is 24.1 Å². The third kappa shape index (κ3) is 5.11. The van der Waals surface area contributed by atoms with Gasteiger partial charge in [0.05, 0.1) is 12.8 Å². The molecule has 2 aromatic carbocycles. The van der Waals surface area contributed by atoms with E-state index in [1.807, 2.05) is 18.2 Å². The van der Waals surface area contributed by atoms with E-state index in [9.17, 15) is 9.18 Å². The lowest BCUT2D eigenvalue weighted by atomic mass is 10.0. The number of halogens is 1. The van der Waals surface area contributed by atoms with Gasteiger partial charge >= 0.3 is 0 Å². The molecule has 0 radical (unpaired) electrons. The molecule has 7 heteroatoms. The molecule has 3 aromatic rings. The van der Waals surface area contributed by atoms with Crippen LogP contribution in [0.25, 0.3) is 11.1 Å². The second-order valence-electron chi connectivity index (χ2n) is 7.93. The molecular formula is C25H24FN3O3. The molecule has 4 rings (SSSR count). The lowest BCUT2D eigenvalue weighted by molar-refractivity contribution is 0.0945. The van der Waals surface area contributed by atoms with Gasteiger partial charge in [0.2, 0.25) is 5.88 Å². The van der Waals surface area contributed by atoms with Gasteiger partial charge in [-0.05, 0) is 54.5 Å². The van der Waals surface area contributed by atoms with Crippen molar-refractivity contribution in [1.29, 1.82) is 0 Å². The molecule has 1 aromatic heterocycles. The first-order chi connectivity index (χ1) is 15.5. The Labute approximate surface area is 185 Å². The van der Waals surface area contributed by atoms with Crippen LogP contribution in [0.1, 0.15) is 39.9 Å². The van der Waals surface area contributed by atoms with Gasteiger partial charge in [-0.1, -0.05) is 41.6 Å². The number of benzene rings is 2. The summed E-state index contributed by atoms with van der Waals surface area (Å²) in [6.45, 7) is 2.39. The number of amides is 1. The monoisotopic (exact) mass is 433 g/mol. The number of hydrogen-bond donors (Lipinski definition) is 2. The van der Waals surface area contributed by atoms with E-state index in [0.717, 1.165) is 18.4 Å². The Kier molecular flexibility index (Phi) is 6.44. The fraction of sp³-hybridized carbons (Fsp3) is 0.240. The molecule has 0 saturated heterocycles. The van der Waals surface area contributed by atoms with Gasteiger partial charge in [-0.3, -0.25) is 4.79 Å². The van der Waals surface area contributed by atoms with Crippen LogP contribution in [0.15, 0.2) is 59.9 Å². The predicted octanol–water partition coefficient (Wildman–Crippen LogP) is 4.72. The Morgan fingerprint density at radius 1 is 1.28 bits per heavy atom. The van der Waals surface area contributed by atoms with Crippen LogP contribution in [-0.4, -0.2) is 28.9 Å². The Balaban J connectivity index is 1.61. The van der Waals surface area contributed by atoms with Gasteiger partial charge in [0.15, 0.2) is 0 Å². The zero-order chi connectivity index (χ0) is 22.5. The quantitative estimate of drug-likeness (QED) is 0.306. The topological polar surface area (TPSA) is 83.8 Å². The van der Waals surface area contributed by atoms with Crippen LogP contribution in [0, 0.1) is 18.7 Å². The van der Waals surface area contributed by atoms with Crippen molar-refractivity contribution in [3.63, 3.8) is 0 Å². The third-order valence-corrected chi connectivity index (χ3v) is 5.41. The van der Waals surface area contributed by atoms with Gasteiger partial charge in [0.1, 0.15) is 11.4 Å². The van der Waals surface area contributed by atoms with Crippen molar-refractivity contribution >= 4 is 12.1 Å². The molecule has 1 heterocycles. The van der Waals surface area contributed by atoms with Gasteiger partial charge in [-0.2, -0.15) is 0 Å². The van der Waals surface area contributed by atoms with Crippen molar-refractivity contribution in [2.75, 3.05) is 6.61 Å². The summed E-state index contributed by atoms with van der Waals surface area (Å²) in [5.41, 5.74) is 3.65. The number of carbonyl (C=O) groups excluding carboxylic acids is 1. The molecule has 1 saturated carbocycles. The molecule has 0 bridgehead atoms. The lowest BCUT2D eigenvalue weighted by Crippen LogP contribution is -2.24. The number of nitrogens with one attached hydrogen (secondary N) is 1. The molecule has 6 nitrogen and oxygen atoms in total. The minimum Gasteiger partial charge on any atom is -0.477 e. The van der Waals surface area contributed by atoms with Crippen LogP contribution in [-0.2, 0) is 6.54 Å². The van der Waals surface area contributed by atoms with Crippen molar-refractivity contribution in [3.05, 3.63) is 82.8 Å². The minimum absolute atomic E-state index is 0.177. The van der Waals surface area contributed by atoms with E-state index in [2.05, 4.69) is 15.5 Å². The average Bonchev–Trinajstić information content (AvgIpc) is 3.63. The van der Waals surface area contributed by atoms with Crippen LogP contribution < -0.4 is 10.1 Å². The van der Waals surface area contributed by atoms with Crippen molar-refractivity contribution in [2.45, 2.75) is 26.3 Å². The van der Waals surface area contributed by atoms with Crippen molar-refractivity contribution in [3.8, 4) is 17.0 Å². The van der Waals surface area contributed by atoms with Crippen molar-refractivity contribution < 1.29 is 19.1 Å². The van der Waals surface area contributed by atoms with Gasteiger partial charge in [0.25, 0.3) is 5.91 Å². The smallest absolute Gasteiger partial charge is 0.257 e. The van der Waals surface area contributed by atoms with E-state index in [0.29, 0.717) is 40.3 Å². The lowest BCUT2D eigenvalue weighted by Gasteiger charge is -2.13. The fourth-order valence-electron chi connectivity index (χ4n) is 3.32. The molecular weight excluding hydrogens is 409 g/mol. The van der Waals surface area contributed by atoms with Gasteiger partial charge in [-0.15, -0.1) is 0 Å². The van der Waals surface area contributed by atoms with E-state index in [4.69, 9.17) is 9.94 Å². The summed E-state index contributed by atoms with van der Waals surface area (Å²) in [4.78, 5) is 17.5. The molecule has 1 aliphatic carbocycles. The normalized spacial score (nSPS) is 13.3. The highest BCUT2D eigenvalue weighted by Crippen LogP contribution is 2.31. The summed E-state index contributed by atoms with van der Waals surface area (Å²) >= 11 is 0. The molecule has 1 amide bonds. The van der Waals surface area contributed by atoms with E-state index >= 15 is 0 Å². The van der Waals surface area contributed by atoms with Crippen molar-refractivity contribution in [2.24, 2.45) is 11.1 Å². The highest BCUT2D eigenvalue weighted by atomic mass is 19.1. The van der Waals surface area contributed by atoms with Gasteiger partial charge < -0.3 is 15.3 Å². The minimum atomic E-state index is -0.362. The SMILES string of the molecule is Cc1ccc(CNC(=O)c2cc(-c3ccccc3/C=N/O)cnc2OCC2CC2)cc1F. The van der Waals surface area contributed by atoms with Crippen LogP contribution in [0.4, 0.5) is 4.39 Å². The average molecular weight is 433 g/mol. The number of oxime groups is 1. The largest absolute Gasteiger partial charge is 0.477 e. The third-order valence-electron chi connectivity index (χ3n) is 5.41. The molecule has 1 fully saturated rings. The number of rotatable bonds is 8. The fourth-order valence-corrected chi connectivity index (χ4v) is 3.32. The summed E-state index contributed by atoms with van der Waals surface area (Å²) in [7, 11) is 0. The molecule has 164 valence electrons. The Hall–Kier alpha value is -3.74. The maximum absolute atomic E-state index is 13.8. The summed E-state index contributed by atoms with van der Waals surface area (Å²) < 4.78 is 19.7. The Morgan fingerprint density at radius 3 is 2.84 bits per heavy atom. The van der Waals surface area contributed by atoms with Crippen molar-refractivity contribution in [1.82, 2.24) is 10.3 Å². The molecule has 0 atom stereocenters. The summed E-state index contributed by atoms with van der Waals surface area (Å²) in [5.74, 6) is 0.0985. The summed E-state index contributed by atoms with van der Waals surface area (Å²) in [6.07, 6.45) is 5.20. The predicted molar refractivity (Wildman–Crippen MR) is 120 cm³/mol. The first-order valence-electron chi connectivity index (χ1n) is 10.5. The van der Waals surface area contributed by atoms with Crippen LogP contribution >= 0.6 is 0 Å². The number of aryl methyl sites for hydroxylation is 1. The Morgan fingerprint density at radius 2 is 2.09 bits per heavy atom. The molecule has 2 N–H and O–H groups in total. The molecule has 0 aliphatic heterocycles. The van der Waals surface area contributed by atoms with E-state index < -0.39 is 0 Å². The Bertz CT molecular complexity index is 1160. The zero-order valence-corrected chi connectivity index (χ0v) is 17.7. The molecule has 0 unspecified atom stereocenters. The standard InChI is InChI=1S/C25H24FN3O3/c1-16-6-7-18(10-23(16)26)12-27-24(30)22-11-20(13-28-25(22)32-15-17-8-9-17)21-5-3-2-4-19(21)14-29-31/h2-7,10-11,13-14,17,31H,8-9,12,15H2,1H3,(H,27,30)/b29-14+. The highest BCUT2D eigenvalue weighted by Gasteiger charge is 2.24. The zero-order valence-electron chi connectivity index (χ0n) is 17.7. The first-order valence-corrected chi connectivity index (χ1v) is 10.5. The summed E-state index contributed by atoms with van der Waals surface area (Å²) in [6, 6.07) is 13.9. The molecule has 0 spiro atoms. The molecule has 1 aliphatic rings. The van der Waals surface area contributed by atoms with E-state index in [1.54, 1.807) is 37.4 Å². The number of ether oxygens (including phenoxy) is 1. The number of hydrogen-bond acceptors (Lipinski definition) is 5. The number of carbonyl (C=O) groups is 1. The second-order valence-corrected chi connectivity index (χ2v) is 7.93. The number of nitrogens with zero attached hydrogens (tertiary/aromatic N) is 2. The van der Waals surface area contributed by atoms with Crippen LogP contribution in [0.2, 0.25) is 0 Å². The van der Waals surface area contributed by atoms with Crippen LogP contribution in [0.3, 0.4) is 0 Å².